The van der Waals surface area contributed by atoms with E-state index in [1.807, 2.05) is 24.3 Å². The van der Waals surface area contributed by atoms with Crippen molar-refractivity contribution in [3.8, 4) is 5.88 Å². The van der Waals surface area contributed by atoms with E-state index in [0.29, 0.717) is 11.4 Å². The number of hydrogen-bond donors (Lipinski definition) is 1. The van der Waals surface area contributed by atoms with E-state index in [-0.39, 0.29) is 18.1 Å². The largest absolute Gasteiger partial charge is 0.473 e. The maximum atomic E-state index is 12.5. The number of amides is 1. The summed E-state index contributed by atoms with van der Waals surface area (Å²) < 4.78 is 5.86. The van der Waals surface area contributed by atoms with Crippen LogP contribution in [0.4, 0.5) is 5.69 Å². The average Bonchev–Trinajstić information content (AvgIpc) is 2.72. The maximum absolute atomic E-state index is 12.5. The molecule has 0 aliphatic heterocycles. The van der Waals surface area contributed by atoms with Gasteiger partial charge in [0.2, 0.25) is 5.88 Å². The molecule has 1 aromatic heterocycles. The lowest BCUT2D eigenvalue weighted by atomic mass is 9.92. The summed E-state index contributed by atoms with van der Waals surface area (Å²) in [5.41, 5.74) is 1.86. The monoisotopic (exact) mass is 368 g/mol. The van der Waals surface area contributed by atoms with Gasteiger partial charge in [-0.1, -0.05) is 0 Å². The van der Waals surface area contributed by atoms with Crippen molar-refractivity contribution in [3.05, 3.63) is 48.4 Å². The second kappa shape index (κ2) is 9.35. The van der Waals surface area contributed by atoms with Crippen molar-refractivity contribution in [1.29, 1.82) is 0 Å². The lowest BCUT2D eigenvalue weighted by molar-refractivity contribution is 0.0890. The van der Waals surface area contributed by atoms with Gasteiger partial charge in [0.1, 0.15) is 6.10 Å². The molecule has 1 aliphatic rings. The molecule has 3 rings (SSSR count). The molecular weight excluding hydrogens is 340 g/mol. The molecule has 0 spiro atoms. The number of carbonyl (C=O) groups excluding carboxylic acids is 1. The molecule has 0 saturated heterocycles. The van der Waals surface area contributed by atoms with Crippen LogP contribution >= 0.6 is 0 Å². The topological polar surface area (TPSA) is 67.4 Å². The van der Waals surface area contributed by atoms with Crippen LogP contribution in [-0.4, -0.2) is 41.1 Å². The minimum atomic E-state index is -0.000564. The van der Waals surface area contributed by atoms with Crippen molar-refractivity contribution in [2.24, 2.45) is 0 Å². The summed E-state index contributed by atoms with van der Waals surface area (Å²) >= 11 is 0. The van der Waals surface area contributed by atoms with E-state index in [2.05, 4.69) is 34.0 Å². The van der Waals surface area contributed by atoms with E-state index in [4.69, 9.17) is 4.74 Å². The van der Waals surface area contributed by atoms with Gasteiger partial charge in [0, 0.05) is 42.8 Å². The normalized spacial score (nSPS) is 19.3. The van der Waals surface area contributed by atoms with Gasteiger partial charge < -0.3 is 15.0 Å². The number of ether oxygens (including phenoxy) is 1. The molecule has 6 nitrogen and oxygen atoms in total. The zero-order chi connectivity index (χ0) is 19.1. The van der Waals surface area contributed by atoms with Crippen LogP contribution in [-0.2, 0) is 0 Å². The first-order chi connectivity index (χ1) is 13.2. The molecule has 1 saturated carbocycles. The third kappa shape index (κ3) is 5.18. The van der Waals surface area contributed by atoms with Gasteiger partial charge in [-0.05, 0) is 63.8 Å². The van der Waals surface area contributed by atoms with Crippen molar-refractivity contribution in [1.82, 2.24) is 15.3 Å². The van der Waals surface area contributed by atoms with E-state index < -0.39 is 0 Å². The Hall–Kier alpha value is -2.63. The van der Waals surface area contributed by atoms with Crippen molar-refractivity contribution < 1.29 is 9.53 Å². The van der Waals surface area contributed by atoms with Gasteiger partial charge in [-0.15, -0.1) is 0 Å². The molecule has 0 radical (unpaired) electrons. The summed E-state index contributed by atoms with van der Waals surface area (Å²) in [5.74, 6) is 0.567. The molecule has 1 heterocycles. The summed E-state index contributed by atoms with van der Waals surface area (Å²) in [4.78, 5) is 23.0. The quantitative estimate of drug-likeness (QED) is 0.811. The molecule has 1 aliphatic carbocycles. The van der Waals surface area contributed by atoms with Gasteiger partial charge in [-0.2, -0.15) is 0 Å². The van der Waals surface area contributed by atoms with Gasteiger partial charge in [0.15, 0.2) is 0 Å². The van der Waals surface area contributed by atoms with Crippen molar-refractivity contribution in [3.63, 3.8) is 0 Å². The van der Waals surface area contributed by atoms with Crippen LogP contribution in [0.15, 0.2) is 42.9 Å². The zero-order valence-corrected chi connectivity index (χ0v) is 16.1. The van der Waals surface area contributed by atoms with Crippen LogP contribution in [0.1, 0.15) is 49.9 Å². The number of benzene rings is 1. The first-order valence-electron chi connectivity index (χ1n) is 9.78. The predicted molar refractivity (Wildman–Crippen MR) is 106 cm³/mol. The second-order valence-electron chi connectivity index (χ2n) is 6.83. The lowest BCUT2D eigenvalue weighted by Crippen LogP contribution is -2.39. The molecule has 1 N–H and O–H groups in total. The number of anilines is 1. The maximum Gasteiger partial charge on any atom is 0.251 e. The van der Waals surface area contributed by atoms with Crippen LogP contribution in [0.5, 0.6) is 5.88 Å². The highest BCUT2D eigenvalue weighted by Gasteiger charge is 2.24. The molecule has 0 atom stereocenters. The highest BCUT2D eigenvalue weighted by molar-refractivity contribution is 5.94. The molecule has 1 amide bonds. The molecule has 1 fully saturated rings. The predicted octanol–water partition coefficient (Wildman–Crippen LogP) is 3.44. The minimum Gasteiger partial charge on any atom is -0.473 e. The van der Waals surface area contributed by atoms with Crippen molar-refractivity contribution in [2.45, 2.75) is 51.7 Å². The first kappa shape index (κ1) is 19.1. The number of carbonyl (C=O) groups is 1. The molecule has 27 heavy (non-hydrogen) atoms. The molecule has 144 valence electrons. The summed E-state index contributed by atoms with van der Waals surface area (Å²) in [6, 6.07) is 8.06. The zero-order valence-electron chi connectivity index (χ0n) is 16.1. The summed E-state index contributed by atoms with van der Waals surface area (Å²) in [6.07, 6.45) is 8.67. The number of nitrogens with zero attached hydrogens (tertiary/aromatic N) is 3. The van der Waals surface area contributed by atoms with Crippen LogP contribution in [0.3, 0.4) is 0 Å². The fourth-order valence-corrected chi connectivity index (χ4v) is 3.52. The lowest BCUT2D eigenvalue weighted by Gasteiger charge is -2.29. The smallest absolute Gasteiger partial charge is 0.251 e. The Balaban J connectivity index is 1.48. The molecule has 6 heteroatoms. The summed E-state index contributed by atoms with van der Waals surface area (Å²) in [7, 11) is 0. The molecule has 1 aromatic carbocycles. The summed E-state index contributed by atoms with van der Waals surface area (Å²) in [6.45, 7) is 6.19. The van der Waals surface area contributed by atoms with Gasteiger partial charge >= 0.3 is 0 Å². The van der Waals surface area contributed by atoms with E-state index >= 15 is 0 Å². The first-order valence-corrected chi connectivity index (χ1v) is 9.78. The molecule has 0 unspecified atom stereocenters. The van der Waals surface area contributed by atoms with E-state index in [1.54, 1.807) is 18.6 Å². The highest BCUT2D eigenvalue weighted by atomic mass is 16.5. The van der Waals surface area contributed by atoms with E-state index in [1.165, 1.54) is 0 Å². The Kier molecular flexibility index (Phi) is 6.63. The standard InChI is InChI=1S/C21H28N4O2/c1-3-25(4-2)18-9-5-16(6-10-18)21(26)24-17-7-11-19(12-8-17)27-20-15-22-13-14-23-20/h5-6,9-10,13-15,17,19H,3-4,7-8,11-12H2,1-2H3,(H,24,26). The number of hydrogen-bond acceptors (Lipinski definition) is 5. The van der Waals surface area contributed by atoms with Crippen LogP contribution in [0.2, 0.25) is 0 Å². The fourth-order valence-electron chi connectivity index (χ4n) is 3.52. The van der Waals surface area contributed by atoms with Gasteiger partial charge in [0.05, 0.1) is 6.20 Å². The van der Waals surface area contributed by atoms with Crippen molar-refractivity contribution in [2.75, 3.05) is 18.0 Å². The fraction of sp³-hybridized carbons (Fsp3) is 0.476. The SMILES string of the molecule is CCN(CC)c1ccc(C(=O)NC2CCC(Oc3cnccn3)CC2)cc1. The number of rotatable bonds is 7. The Bertz CT molecular complexity index is 709. The molecule has 2 aromatic rings. The Morgan fingerprint density at radius 1 is 1.11 bits per heavy atom. The van der Waals surface area contributed by atoms with Gasteiger partial charge in [-0.25, -0.2) is 4.98 Å². The van der Waals surface area contributed by atoms with Gasteiger partial charge in [-0.3, -0.25) is 9.78 Å². The Morgan fingerprint density at radius 2 is 1.81 bits per heavy atom. The Labute approximate surface area is 161 Å². The molecule has 0 bridgehead atoms. The molecular formula is C21H28N4O2. The van der Waals surface area contributed by atoms with E-state index in [9.17, 15) is 4.79 Å². The van der Waals surface area contributed by atoms with Gasteiger partial charge in [0.25, 0.3) is 5.91 Å². The Morgan fingerprint density at radius 3 is 2.41 bits per heavy atom. The average molecular weight is 368 g/mol. The number of aromatic nitrogens is 2. The number of nitrogens with one attached hydrogen (secondary N) is 1. The van der Waals surface area contributed by atoms with E-state index in [0.717, 1.165) is 44.5 Å². The third-order valence-corrected chi connectivity index (χ3v) is 5.09. The highest BCUT2D eigenvalue weighted by Crippen LogP contribution is 2.23. The van der Waals surface area contributed by atoms with Crippen LogP contribution in [0, 0.1) is 0 Å². The van der Waals surface area contributed by atoms with Crippen LogP contribution < -0.4 is 15.0 Å². The van der Waals surface area contributed by atoms with Crippen molar-refractivity contribution >= 4 is 11.6 Å². The summed E-state index contributed by atoms with van der Waals surface area (Å²) in [5, 5.41) is 3.16. The second-order valence-corrected chi connectivity index (χ2v) is 6.83. The minimum absolute atomic E-state index is 0.000564. The van der Waals surface area contributed by atoms with Crippen LogP contribution in [0.25, 0.3) is 0 Å². The third-order valence-electron chi connectivity index (χ3n) is 5.09.